The van der Waals surface area contributed by atoms with Crippen LogP contribution >= 0.6 is 23.7 Å². The minimum atomic E-state index is -0.0837. The molecule has 0 atom stereocenters. The molecule has 0 radical (unpaired) electrons. The summed E-state index contributed by atoms with van der Waals surface area (Å²) in [4.78, 5) is 22.4. The number of fused-ring (bicyclic) bond motifs is 1. The van der Waals surface area contributed by atoms with Crippen molar-refractivity contribution < 1.29 is 4.79 Å². The molecular formula is C21H30ClN5OS. The lowest BCUT2D eigenvalue weighted by molar-refractivity contribution is 0.0977. The van der Waals surface area contributed by atoms with Gasteiger partial charge in [-0.05, 0) is 45.0 Å². The van der Waals surface area contributed by atoms with Crippen molar-refractivity contribution in [2.45, 2.75) is 34.6 Å². The monoisotopic (exact) mass is 435 g/mol. The van der Waals surface area contributed by atoms with Crippen LogP contribution in [0.5, 0.6) is 0 Å². The number of carbonyl (C=O) groups excluding carboxylic acids is 1. The van der Waals surface area contributed by atoms with E-state index in [2.05, 4.69) is 49.8 Å². The van der Waals surface area contributed by atoms with Crippen molar-refractivity contribution in [3.8, 4) is 0 Å². The Kier molecular flexibility index (Phi) is 7.80. The summed E-state index contributed by atoms with van der Waals surface area (Å²) in [5, 5.41) is 5.15. The van der Waals surface area contributed by atoms with Crippen molar-refractivity contribution in [2.24, 2.45) is 7.05 Å². The third-order valence-corrected chi connectivity index (χ3v) is 6.37. The lowest BCUT2D eigenvalue weighted by Gasteiger charge is -2.24. The second-order valence-electron chi connectivity index (χ2n) is 7.19. The molecule has 0 spiro atoms. The Morgan fingerprint density at radius 1 is 1.07 bits per heavy atom. The number of amides is 1. The lowest BCUT2D eigenvalue weighted by atomic mass is 10.1. The van der Waals surface area contributed by atoms with Crippen LogP contribution in [0.2, 0.25) is 0 Å². The van der Waals surface area contributed by atoms with Crippen molar-refractivity contribution in [1.82, 2.24) is 19.7 Å². The first-order chi connectivity index (χ1) is 13.3. The molecule has 1 aromatic carbocycles. The number of nitrogens with zero attached hydrogens (tertiary/aromatic N) is 5. The third-order valence-electron chi connectivity index (χ3n) is 5.16. The fourth-order valence-corrected chi connectivity index (χ4v) is 4.51. The number of hydrogen-bond donors (Lipinski definition) is 0. The minimum absolute atomic E-state index is 0. The largest absolute Gasteiger partial charge is 0.302 e. The number of likely N-dealkylation sites (N-methyl/N-ethyl adjacent to an activating group) is 1. The highest BCUT2D eigenvalue weighted by Crippen LogP contribution is 2.33. The molecule has 158 valence electrons. The van der Waals surface area contributed by atoms with E-state index in [4.69, 9.17) is 4.98 Å². The number of anilines is 1. The second kappa shape index (κ2) is 9.69. The summed E-state index contributed by atoms with van der Waals surface area (Å²) in [5.41, 5.74) is 4.68. The first-order valence-corrected chi connectivity index (χ1v) is 10.6. The molecule has 0 unspecified atom stereocenters. The molecule has 0 aliphatic carbocycles. The molecule has 0 saturated heterocycles. The fourth-order valence-electron chi connectivity index (χ4n) is 3.37. The molecule has 0 aliphatic rings. The molecule has 2 heterocycles. The Morgan fingerprint density at radius 3 is 2.28 bits per heavy atom. The van der Waals surface area contributed by atoms with Gasteiger partial charge in [-0.1, -0.05) is 37.3 Å². The van der Waals surface area contributed by atoms with Crippen LogP contribution in [-0.4, -0.2) is 51.8 Å². The molecule has 3 rings (SSSR count). The zero-order chi connectivity index (χ0) is 20.4. The predicted molar refractivity (Wildman–Crippen MR) is 124 cm³/mol. The van der Waals surface area contributed by atoms with Crippen molar-refractivity contribution in [3.63, 3.8) is 0 Å². The molecule has 0 N–H and O–H groups in total. The van der Waals surface area contributed by atoms with Crippen molar-refractivity contribution in [1.29, 1.82) is 0 Å². The SMILES string of the molecule is CCN(CC)CCN(C(=O)c1nn(C)cc1C)c1nc2c(C)ccc(C)c2s1.Cl. The van der Waals surface area contributed by atoms with E-state index in [0.717, 1.165) is 46.1 Å². The van der Waals surface area contributed by atoms with Crippen LogP contribution in [0.15, 0.2) is 18.3 Å². The van der Waals surface area contributed by atoms with Crippen molar-refractivity contribution in [2.75, 3.05) is 31.1 Å². The number of rotatable bonds is 7. The van der Waals surface area contributed by atoms with Gasteiger partial charge in [0.25, 0.3) is 5.91 Å². The highest BCUT2D eigenvalue weighted by Gasteiger charge is 2.25. The van der Waals surface area contributed by atoms with E-state index in [1.165, 1.54) is 5.56 Å². The number of hydrogen-bond acceptors (Lipinski definition) is 5. The maximum absolute atomic E-state index is 13.4. The number of carbonyl (C=O) groups is 1. The summed E-state index contributed by atoms with van der Waals surface area (Å²) in [7, 11) is 1.84. The molecule has 8 heteroatoms. The van der Waals surface area contributed by atoms with E-state index in [0.29, 0.717) is 12.2 Å². The van der Waals surface area contributed by atoms with Gasteiger partial charge in [0.1, 0.15) is 0 Å². The summed E-state index contributed by atoms with van der Waals surface area (Å²) in [6, 6.07) is 4.21. The van der Waals surface area contributed by atoms with Gasteiger partial charge >= 0.3 is 0 Å². The highest BCUT2D eigenvalue weighted by atomic mass is 35.5. The van der Waals surface area contributed by atoms with Gasteiger partial charge in [0, 0.05) is 31.9 Å². The summed E-state index contributed by atoms with van der Waals surface area (Å²) in [6.07, 6.45) is 1.88. The smallest absolute Gasteiger partial charge is 0.280 e. The van der Waals surface area contributed by atoms with E-state index >= 15 is 0 Å². The van der Waals surface area contributed by atoms with Gasteiger partial charge in [-0.3, -0.25) is 14.4 Å². The normalized spacial score (nSPS) is 11.1. The number of thiazole rings is 1. The summed E-state index contributed by atoms with van der Waals surface area (Å²) < 4.78 is 2.84. The van der Waals surface area contributed by atoms with Gasteiger partial charge in [0.2, 0.25) is 0 Å². The van der Waals surface area contributed by atoms with E-state index in [1.807, 2.05) is 20.2 Å². The number of aryl methyl sites for hydroxylation is 4. The zero-order valence-corrected chi connectivity index (χ0v) is 19.7. The van der Waals surface area contributed by atoms with Crippen molar-refractivity contribution in [3.05, 3.63) is 40.7 Å². The van der Waals surface area contributed by atoms with E-state index in [9.17, 15) is 4.79 Å². The van der Waals surface area contributed by atoms with Gasteiger partial charge in [-0.2, -0.15) is 5.10 Å². The second-order valence-corrected chi connectivity index (χ2v) is 8.17. The molecule has 29 heavy (non-hydrogen) atoms. The summed E-state index contributed by atoms with van der Waals surface area (Å²) in [5.74, 6) is -0.0837. The topological polar surface area (TPSA) is 54.3 Å². The maximum Gasteiger partial charge on any atom is 0.280 e. The van der Waals surface area contributed by atoms with Crippen LogP contribution in [0.4, 0.5) is 5.13 Å². The maximum atomic E-state index is 13.4. The van der Waals surface area contributed by atoms with Crippen molar-refractivity contribution >= 4 is 45.0 Å². The van der Waals surface area contributed by atoms with E-state index in [1.54, 1.807) is 20.9 Å². The van der Waals surface area contributed by atoms with E-state index in [-0.39, 0.29) is 18.3 Å². The van der Waals surface area contributed by atoms with E-state index < -0.39 is 0 Å². The fraction of sp³-hybridized carbons (Fsp3) is 0.476. The molecule has 0 bridgehead atoms. The number of halogens is 1. The van der Waals surface area contributed by atoms with Crippen LogP contribution in [0.1, 0.15) is 41.0 Å². The van der Waals surface area contributed by atoms with Crippen LogP contribution in [0.25, 0.3) is 10.2 Å². The average Bonchev–Trinajstić information content (AvgIpc) is 3.26. The summed E-state index contributed by atoms with van der Waals surface area (Å²) in [6.45, 7) is 13.7. The third kappa shape index (κ3) is 4.79. The van der Waals surface area contributed by atoms with Crippen LogP contribution in [0, 0.1) is 20.8 Å². The molecular weight excluding hydrogens is 406 g/mol. The zero-order valence-electron chi connectivity index (χ0n) is 18.0. The molecule has 3 aromatic rings. The Morgan fingerprint density at radius 2 is 1.72 bits per heavy atom. The average molecular weight is 436 g/mol. The standard InChI is InChI=1S/C21H29N5OS.ClH/c1-7-25(8-2)11-12-26(20(27)18-16(5)13-24(6)23-18)21-22-17-14(3)9-10-15(4)19(17)28-21;/h9-10,13H,7-8,11-12H2,1-6H3;1H. The predicted octanol–water partition coefficient (Wildman–Crippen LogP) is 4.37. The molecule has 2 aromatic heterocycles. The first-order valence-electron chi connectivity index (χ1n) is 9.76. The Hall–Kier alpha value is -1.96. The van der Waals surface area contributed by atoms with Crippen LogP contribution in [-0.2, 0) is 7.05 Å². The molecule has 0 aliphatic heterocycles. The number of benzene rings is 1. The van der Waals surface area contributed by atoms with Gasteiger partial charge in [0.05, 0.1) is 10.2 Å². The highest BCUT2D eigenvalue weighted by molar-refractivity contribution is 7.22. The summed E-state index contributed by atoms with van der Waals surface area (Å²) >= 11 is 1.59. The Balaban J connectivity index is 0.00000300. The van der Waals surface area contributed by atoms with Gasteiger partial charge in [0.15, 0.2) is 10.8 Å². The first kappa shape index (κ1) is 23.3. The number of aromatic nitrogens is 3. The molecule has 0 fully saturated rings. The van der Waals surface area contributed by atoms with Gasteiger partial charge < -0.3 is 4.90 Å². The van der Waals surface area contributed by atoms with Crippen LogP contribution < -0.4 is 4.90 Å². The lowest BCUT2D eigenvalue weighted by Crippen LogP contribution is -2.39. The van der Waals surface area contributed by atoms with Gasteiger partial charge in [-0.15, -0.1) is 12.4 Å². The van der Waals surface area contributed by atoms with Gasteiger partial charge in [-0.25, -0.2) is 4.98 Å². The minimum Gasteiger partial charge on any atom is -0.302 e. The Labute approximate surface area is 182 Å². The van der Waals surface area contributed by atoms with Crippen LogP contribution in [0.3, 0.4) is 0 Å². The quantitative estimate of drug-likeness (QED) is 0.553. The molecule has 0 saturated carbocycles. The molecule has 6 nitrogen and oxygen atoms in total. The molecule has 1 amide bonds. The Bertz CT molecular complexity index is 954.